The first-order chi connectivity index (χ1) is 12.9. The number of hydrogen-bond donors (Lipinski definition) is 1. The van der Waals surface area contributed by atoms with Crippen molar-refractivity contribution < 1.29 is 9.72 Å². The monoisotopic (exact) mass is 389 g/mol. The van der Waals surface area contributed by atoms with Gasteiger partial charge < -0.3 is 0 Å². The van der Waals surface area contributed by atoms with E-state index in [9.17, 15) is 14.9 Å². The molecule has 1 aromatic carbocycles. The molecule has 3 aromatic rings. The van der Waals surface area contributed by atoms with E-state index in [1.54, 1.807) is 17.7 Å². The number of benzene rings is 1. The molecule has 3 rings (SSSR count). The van der Waals surface area contributed by atoms with Gasteiger partial charge in [-0.25, -0.2) is 9.67 Å². The second-order valence-corrected chi connectivity index (χ2v) is 6.23. The minimum absolute atomic E-state index is 0.0724. The number of aryl methyl sites for hydroxylation is 1. The third kappa shape index (κ3) is 4.67. The molecule has 1 N–H and O–H groups in total. The molecule has 2 aromatic heterocycles. The molecule has 11 heteroatoms. The van der Waals surface area contributed by atoms with E-state index >= 15 is 0 Å². The largest absolute Gasteiger partial charge is 0.309 e. The van der Waals surface area contributed by atoms with Crippen LogP contribution >= 0.6 is 11.6 Å². The highest BCUT2D eigenvalue weighted by molar-refractivity contribution is 6.30. The number of carbonyl (C=O) groups is 1. The molecule has 0 aliphatic carbocycles. The van der Waals surface area contributed by atoms with Crippen molar-refractivity contribution in [2.45, 2.75) is 26.4 Å². The molecule has 2 heterocycles. The highest BCUT2D eigenvalue weighted by Crippen LogP contribution is 2.16. The van der Waals surface area contributed by atoms with E-state index in [1.807, 2.05) is 18.2 Å². The molecule has 140 valence electrons. The van der Waals surface area contributed by atoms with Crippen LogP contribution in [0.15, 0.2) is 36.8 Å². The zero-order chi connectivity index (χ0) is 19.4. The van der Waals surface area contributed by atoms with Crippen molar-refractivity contribution in [1.29, 1.82) is 0 Å². The van der Waals surface area contributed by atoms with Crippen LogP contribution in [0, 0.1) is 17.0 Å². The van der Waals surface area contributed by atoms with E-state index < -0.39 is 4.92 Å². The van der Waals surface area contributed by atoms with Gasteiger partial charge in [-0.3, -0.25) is 24.9 Å². The first kappa shape index (κ1) is 18.5. The number of amides is 1. The number of halogens is 1. The standard InChI is InChI=1S/C16H16ClN7O3/c1-11-14(24(26)27)8-19-23(11)6-5-15(25)20-16-18-10-22(21-16)9-12-3-2-4-13(17)7-12/h2-4,7-8,10H,5-6,9H2,1H3,(H,20,21,25). The van der Waals surface area contributed by atoms with Gasteiger partial charge in [0.1, 0.15) is 18.2 Å². The maximum absolute atomic E-state index is 12.1. The summed E-state index contributed by atoms with van der Waals surface area (Å²) in [6.07, 6.45) is 2.77. The van der Waals surface area contributed by atoms with E-state index in [-0.39, 0.29) is 30.5 Å². The van der Waals surface area contributed by atoms with Gasteiger partial charge in [0.2, 0.25) is 11.9 Å². The molecule has 0 saturated heterocycles. The molecular weight excluding hydrogens is 374 g/mol. The van der Waals surface area contributed by atoms with Crippen LogP contribution in [0.25, 0.3) is 0 Å². The fourth-order valence-corrected chi connectivity index (χ4v) is 2.70. The first-order valence-electron chi connectivity index (χ1n) is 8.03. The number of hydrogen-bond acceptors (Lipinski definition) is 6. The van der Waals surface area contributed by atoms with Crippen LogP contribution in [0.3, 0.4) is 0 Å². The molecule has 0 radical (unpaired) electrons. The van der Waals surface area contributed by atoms with Gasteiger partial charge in [0.05, 0.1) is 18.0 Å². The Kier molecular flexibility index (Phi) is 5.46. The topological polar surface area (TPSA) is 121 Å². The Hall–Kier alpha value is -3.27. The van der Waals surface area contributed by atoms with Crippen molar-refractivity contribution in [3.63, 3.8) is 0 Å². The second kappa shape index (κ2) is 7.96. The van der Waals surface area contributed by atoms with Crippen LogP contribution in [0.4, 0.5) is 11.6 Å². The van der Waals surface area contributed by atoms with E-state index in [2.05, 4.69) is 20.5 Å². The van der Waals surface area contributed by atoms with Crippen molar-refractivity contribution in [2.24, 2.45) is 0 Å². The fourth-order valence-electron chi connectivity index (χ4n) is 2.49. The average molecular weight is 390 g/mol. The molecule has 0 spiro atoms. The predicted molar refractivity (Wildman–Crippen MR) is 97.4 cm³/mol. The van der Waals surface area contributed by atoms with Crippen molar-refractivity contribution >= 4 is 29.1 Å². The van der Waals surface area contributed by atoms with Gasteiger partial charge >= 0.3 is 5.69 Å². The number of aromatic nitrogens is 5. The summed E-state index contributed by atoms with van der Waals surface area (Å²) in [5, 5.41) is 22.2. The minimum Gasteiger partial charge on any atom is -0.293 e. The molecule has 0 unspecified atom stereocenters. The zero-order valence-electron chi connectivity index (χ0n) is 14.4. The van der Waals surface area contributed by atoms with Gasteiger partial charge in [-0.2, -0.15) is 5.10 Å². The average Bonchev–Trinajstić information content (AvgIpc) is 3.19. The van der Waals surface area contributed by atoms with Crippen LogP contribution < -0.4 is 5.32 Å². The molecule has 0 aliphatic heterocycles. The molecule has 27 heavy (non-hydrogen) atoms. The SMILES string of the molecule is Cc1c([N+](=O)[O-])cnn1CCC(=O)Nc1ncn(Cc2cccc(Cl)c2)n1. The van der Waals surface area contributed by atoms with Gasteiger partial charge in [-0.05, 0) is 24.6 Å². The van der Waals surface area contributed by atoms with Crippen molar-refractivity contribution in [3.05, 3.63) is 63.2 Å². The van der Waals surface area contributed by atoms with E-state index in [0.717, 1.165) is 5.56 Å². The highest BCUT2D eigenvalue weighted by Gasteiger charge is 2.17. The summed E-state index contributed by atoms with van der Waals surface area (Å²) in [6.45, 7) is 2.27. The third-order valence-electron chi connectivity index (χ3n) is 3.85. The Bertz CT molecular complexity index is 982. The summed E-state index contributed by atoms with van der Waals surface area (Å²) in [7, 11) is 0. The van der Waals surface area contributed by atoms with Crippen molar-refractivity contribution in [3.8, 4) is 0 Å². The molecule has 0 fully saturated rings. The smallest absolute Gasteiger partial charge is 0.293 e. The number of rotatable bonds is 7. The summed E-state index contributed by atoms with van der Waals surface area (Å²) >= 11 is 5.95. The summed E-state index contributed by atoms with van der Waals surface area (Å²) < 4.78 is 3.01. The van der Waals surface area contributed by atoms with Crippen LogP contribution in [0.1, 0.15) is 17.7 Å². The predicted octanol–water partition coefficient (Wildman–Crippen LogP) is 2.42. The zero-order valence-corrected chi connectivity index (χ0v) is 15.1. The van der Waals surface area contributed by atoms with Gasteiger partial charge in [-0.1, -0.05) is 23.7 Å². The van der Waals surface area contributed by atoms with E-state index in [4.69, 9.17) is 11.6 Å². The minimum atomic E-state index is -0.505. The van der Waals surface area contributed by atoms with Crippen molar-refractivity contribution in [2.75, 3.05) is 5.32 Å². The van der Waals surface area contributed by atoms with Crippen LogP contribution in [0.2, 0.25) is 5.02 Å². The summed E-state index contributed by atoms with van der Waals surface area (Å²) in [5.74, 6) is -0.127. The van der Waals surface area contributed by atoms with Crippen molar-refractivity contribution in [1.82, 2.24) is 24.5 Å². The second-order valence-electron chi connectivity index (χ2n) is 5.79. The Labute approximate surface area is 158 Å². The number of nitro groups is 1. The quantitative estimate of drug-likeness (QED) is 0.489. The lowest BCUT2D eigenvalue weighted by molar-refractivity contribution is -0.385. The molecule has 0 saturated carbocycles. The Morgan fingerprint density at radius 1 is 1.41 bits per heavy atom. The maximum Gasteiger partial charge on any atom is 0.309 e. The van der Waals surface area contributed by atoms with Gasteiger partial charge in [-0.15, -0.1) is 5.10 Å². The third-order valence-corrected chi connectivity index (χ3v) is 4.08. The molecule has 0 aliphatic rings. The molecule has 1 amide bonds. The Morgan fingerprint density at radius 3 is 2.93 bits per heavy atom. The number of nitrogens with zero attached hydrogens (tertiary/aromatic N) is 6. The highest BCUT2D eigenvalue weighted by atomic mass is 35.5. The number of anilines is 1. The summed E-state index contributed by atoms with van der Waals surface area (Å²) in [6, 6.07) is 7.37. The fraction of sp³-hybridized carbons (Fsp3) is 0.250. The van der Waals surface area contributed by atoms with Gasteiger partial charge in [0.25, 0.3) is 0 Å². The number of nitrogens with one attached hydrogen (secondary N) is 1. The normalized spacial score (nSPS) is 10.7. The summed E-state index contributed by atoms with van der Waals surface area (Å²) in [4.78, 5) is 26.4. The maximum atomic E-state index is 12.1. The number of carbonyl (C=O) groups excluding carboxylic acids is 1. The molecule has 10 nitrogen and oxygen atoms in total. The lowest BCUT2D eigenvalue weighted by Gasteiger charge is -2.04. The van der Waals surface area contributed by atoms with E-state index in [1.165, 1.54) is 17.2 Å². The van der Waals surface area contributed by atoms with Gasteiger partial charge in [0.15, 0.2) is 0 Å². The molecule has 0 atom stereocenters. The Morgan fingerprint density at radius 2 is 2.22 bits per heavy atom. The van der Waals surface area contributed by atoms with E-state index in [0.29, 0.717) is 17.3 Å². The van der Waals surface area contributed by atoms with Crippen LogP contribution in [-0.4, -0.2) is 35.4 Å². The lowest BCUT2D eigenvalue weighted by Crippen LogP contribution is -2.16. The Balaban J connectivity index is 1.54. The molecular formula is C16H16ClN7O3. The van der Waals surface area contributed by atoms with Gasteiger partial charge in [0, 0.05) is 11.4 Å². The first-order valence-corrected chi connectivity index (χ1v) is 8.40. The lowest BCUT2D eigenvalue weighted by atomic mass is 10.2. The molecule has 0 bridgehead atoms. The van der Waals surface area contributed by atoms with Crippen LogP contribution in [0.5, 0.6) is 0 Å². The summed E-state index contributed by atoms with van der Waals surface area (Å²) in [5.41, 5.74) is 1.29. The van der Waals surface area contributed by atoms with Crippen LogP contribution in [-0.2, 0) is 17.9 Å².